The number of ether oxygens (including phenoxy) is 1. The molecule has 4 aromatic rings. The van der Waals surface area contributed by atoms with E-state index in [4.69, 9.17) is 10.00 Å². The highest BCUT2D eigenvalue weighted by molar-refractivity contribution is 6.11. The Morgan fingerprint density at radius 1 is 1.32 bits per heavy atom. The molecule has 0 saturated heterocycles. The number of nitrogens with zero attached hydrogens (tertiary/aromatic N) is 4. The Labute approximate surface area is 160 Å². The molecule has 2 aromatic carbocycles. The van der Waals surface area contributed by atoms with Gasteiger partial charge in [0.25, 0.3) is 5.91 Å². The molecule has 2 heterocycles. The van der Waals surface area contributed by atoms with Crippen molar-refractivity contribution in [2.75, 3.05) is 12.4 Å². The van der Waals surface area contributed by atoms with Gasteiger partial charge in [-0.2, -0.15) is 15.5 Å². The third-order valence-electron chi connectivity index (χ3n) is 4.28. The Hall–Kier alpha value is -4.12. The van der Waals surface area contributed by atoms with E-state index < -0.39 is 0 Å². The molecule has 4 rings (SSSR count). The number of nitrogens with one attached hydrogen (secondary N) is 2. The lowest BCUT2D eigenvalue weighted by molar-refractivity contribution is 0.102. The molecule has 0 saturated carbocycles. The van der Waals surface area contributed by atoms with E-state index in [1.807, 2.05) is 24.3 Å². The molecule has 0 aliphatic rings. The lowest BCUT2D eigenvalue weighted by Crippen LogP contribution is -2.12. The number of carbonyl (C=O) groups is 1. The Kier molecular flexibility index (Phi) is 4.48. The molecule has 0 bridgehead atoms. The van der Waals surface area contributed by atoms with Crippen LogP contribution in [0.2, 0.25) is 0 Å². The molecule has 0 atom stereocenters. The normalized spacial score (nSPS) is 10.6. The van der Waals surface area contributed by atoms with Crippen molar-refractivity contribution in [1.29, 1.82) is 5.26 Å². The van der Waals surface area contributed by atoms with E-state index in [2.05, 4.69) is 26.7 Å². The summed E-state index contributed by atoms with van der Waals surface area (Å²) in [4.78, 5) is 12.6. The topological polar surface area (TPSA) is 109 Å². The lowest BCUT2D eigenvalue weighted by atomic mass is 10.1. The maximum atomic E-state index is 12.6. The zero-order valence-corrected chi connectivity index (χ0v) is 15.0. The average molecular weight is 372 g/mol. The highest BCUT2D eigenvalue weighted by Gasteiger charge is 2.16. The maximum Gasteiger partial charge on any atom is 0.276 e. The van der Waals surface area contributed by atoms with Crippen LogP contribution in [0.4, 0.5) is 5.69 Å². The Bertz CT molecular complexity index is 1200. The number of carbonyl (C=O) groups excluding carboxylic acids is 1. The van der Waals surface area contributed by atoms with Gasteiger partial charge in [-0.25, -0.2) is 0 Å². The van der Waals surface area contributed by atoms with Gasteiger partial charge in [0.1, 0.15) is 5.75 Å². The van der Waals surface area contributed by atoms with Gasteiger partial charge in [-0.3, -0.25) is 14.6 Å². The SMILES string of the molecule is COc1ccc2[nH]nc(C(=O)Nc3cnn(Cc4cccc(C#N)c4)c3)c2c1. The molecule has 138 valence electrons. The number of amides is 1. The van der Waals surface area contributed by atoms with E-state index in [1.54, 1.807) is 42.4 Å². The van der Waals surface area contributed by atoms with Crippen molar-refractivity contribution in [2.24, 2.45) is 0 Å². The number of aromatic amines is 1. The first-order valence-corrected chi connectivity index (χ1v) is 8.51. The van der Waals surface area contributed by atoms with Gasteiger partial charge in [0.2, 0.25) is 0 Å². The van der Waals surface area contributed by atoms with E-state index in [0.29, 0.717) is 28.9 Å². The molecule has 2 N–H and O–H groups in total. The van der Waals surface area contributed by atoms with Gasteiger partial charge in [0, 0.05) is 11.6 Å². The molecule has 1 amide bonds. The minimum atomic E-state index is -0.342. The monoisotopic (exact) mass is 372 g/mol. The molecule has 2 aromatic heterocycles. The van der Waals surface area contributed by atoms with E-state index >= 15 is 0 Å². The summed E-state index contributed by atoms with van der Waals surface area (Å²) in [6, 6.07) is 14.8. The number of methoxy groups -OCH3 is 1. The first-order valence-electron chi connectivity index (χ1n) is 8.51. The minimum Gasteiger partial charge on any atom is -0.497 e. The molecular formula is C20H16N6O2. The number of aromatic nitrogens is 4. The van der Waals surface area contributed by atoms with Gasteiger partial charge in [0.15, 0.2) is 5.69 Å². The summed E-state index contributed by atoms with van der Waals surface area (Å²) in [5, 5.41) is 23.7. The molecule has 8 nitrogen and oxygen atoms in total. The van der Waals surface area contributed by atoms with Crippen LogP contribution in [0.3, 0.4) is 0 Å². The summed E-state index contributed by atoms with van der Waals surface area (Å²) < 4.78 is 6.91. The third-order valence-corrected chi connectivity index (χ3v) is 4.28. The maximum absolute atomic E-state index is 12.6. The second kappa shape index (κ2) is 7.25. The van der Waals surface area contributed by atoms with E-state index in [-0.39, 0.29) is 11.6 Å². The number of hydrogen-bond donors (Lipinski definition) is 2. The van der Waals surface area contributed by atoms with Crippen molar-refractivity contribution < 1.29 is 9.53 Å². The van der Waals surface area contributed by atoms with Crippen molar-refractivity contribution in [1.82, 2.24) is 20.0 Å². The molecule has 0 radical (unpaired) electrons. The number of H-pyrrole nitrogens is 1. The smallest absolute Gasteiger partial charge is 0.276 e. The van der Waals surface area contributed by atoms with Crippen LogP contribution < -0.4 is 10.1 Å². The van der Waals surface area contributed by atoms with Gasteiger partial charge < -0.3 is 10.1 Å². The second-order valence-corrected chi connectivity index (χ2v) is 6.18. The molecule has 0 aliphatic heterocycles. The quantitative estimate of drug-likeness (QED) is 0.560. The average Bonchev–Trinajstić information content (AvgIpc) is 3.34. The van der Waals surface area contributed by atoms with Crippen LogP contribution in [0.25, 0.3) is 10.9 Å². The summed E-state index contributed by atoms with van der Waals surface area (Å²) in [5.74, 6) is 0.306. The largest absolute Gasteiger partial charge is 0.497 e. The van der Waals surface area contributed by atoms with Gasteiger partial charge >= 0.3 is 0 Å². The number of anilines is 1. The molecular weight excluding hydrogens is 356 g/mol. The number of nitriles is 1. The van der Waals surface area contributed by atoms with Crippen molar-refractivity contribution >= 4 is 22.5 Å². The molecule has 28 heavy (non-hydrogen) atoms. The summed E-state index contributed by atoms with van der Waals surface area (Å²) in [6.45, 7) is 0.494. The van der Waals surface area contributed by atoms with Gasteiger partial charge in [-0.05, 0) is 35.9 Å². The zero-order valence-electron chi connectivity index (χ0n) is 15.0. The Balaban J connectivity index is 1.51. The fraction of sp³-hybridized carbons (Fsp3) is 0.100. The molecule has 0 fully saturated rings. The number of fused-ring (bicyclic) bond motifs is 1. The van der Waals surface area contributed by atoms with Crippen molar-refractivity contribution in [3.63, 3.8) is 0 Å². The highest BCUT2D eigenvalue weighted by Crippen LogP contribution is 2.22. The number of hydrogen-bond acceptors (Lipinski definition) is 5. The summed E-state index contributed by atoms with van der Waals surface area (Å²) in [5.41, 5.74) is 3.13. The molecule has 8 heteroatoms. The van der Waals surface area contributed by atoms with Crippen LogP contribution >= 0.6 is 0 Å². The fourth-order valence-electron chi connectivity index (χ4n) is 2.92. The van der Waals surface area contributed by atoms with Crippen LogP contribution in [0.5, 0.6) is 5.75 Å². The van der Waals surface area contributed by atoms with E-state index in [1.165, 1.54) is 0 Å². The van der Waals surface area contributed by atoms with Gasteiger partial charge in [-0.15, -0.1) is 0 Å². The second-order valence-electron chi connectivity index (χ2n) is 6.18. The van der Waals surface area contributed by atoms with Crippen LogP contribution in [-0.2, 0) is 6.54 Å². The molecule has 0 spiro atoms. The van der Waals surface area contributed by atoms with Crippen molar-refractivity contribution in [3.05, 3.63) is 71.7 Å². The molecule has 0 aliphatic carbocycles. The van der Waals surface area contributed by atoms with Gasteiger partial charge in [0.05, 0.1) is 42.7 Å². The summed E-state index contributed by atoms with van der Waals surface area (Å²) in [7, 11) is 1.57. The van der Waals surface area contributed by atoms with E-state index in [0.717, 1.165) is 11.1 Å². The van der Waals surface area contributed by atoms with Crippen molar-refractivity contribution in [3.8, 4) is 11.8 Å². The number of benzene rings is 2. The molecule has 0 unspecified atom stereocenters. The first kappa shape index (κ1) is 17.3. The Morgan fingerprint density at radius 2 is 2.21 bits per heavy atom. The highest BCUT2D eigenvalue weighted by atomic mass is 16.5. The minimum absolute atomic E-state index is 0.281. The predicted molar refractivity (Wildman–Crippen MR) is 103 cm³/mol. The lowest BCUT2D eigenvalue weighted by Gasteiger charge is -2.03. The van der Waals surface area contributed by atoms with Crippen LogP contribution in [0.15, 0.2) is 54.9 Å². The van der Waals surface area contributed by atoms with Gasteiger partial charge in [-0.1, -0.05) is 12.1 Å². The summed E-state index contributed by atoms with van der Waals surface area (Å²) >= 11 is 0. The fourth-order valence-corrected chi connectivity index (χ4v) is 2.92. The predicted octanol–water partition coefficient (Wildman–Crippen LogP) is 2.94. The number of rotatable bonds is 5. The standard InChI is InChI=1S/C20H16N6O2/c1-28-16-5-6-18-17(8-16)19(25-24-18)20(27)23-15-10-22-26(12-15)11-14-4-2-3-13(7-14)9-21/h2-8,10,12H,11H2,1H3,(H,23,27)(H,24,25). The zero-order chi connectivity index (χ0) is 19.5. The summed E-state index contributed by atoms with van der Waals surface area (Å²) in [6.07, 6.45) is 3.30. The first-order chi connectivity index (χ1) is 13.7. The van der Waals surface area contributed by atoms with Crippen LogP contribution in [0.1, 0.15) is 21.6 Å². The van der Waals surface area contributed by atoms with Crippen LogP contribution in [0, 0.1) is 11.3 Å². The van der Waals surface area contributed by atoms with Crippen LogP contribution in [-0.4, -0.2) is 33.0 Å². The Morgan fingerprint density at radius 3 is 3.04 bits per heavy atom. The van der Waals surface area contributed by atoms with Crippen molar-refractivity contribution in [2.45, 2.75) is 6.54 Å². The third kappa shape index (κ3) is 3.41. The van der Waals surface area contributed by atoms with E-state index in [9.17, 15) is 4.79 Å².